The van der Waals surface area contributed by atoms with E-state index in [1.165, 1.54) is 0 Å². The van der Waals surface area contributed by atoms with Crippen LogP contribution in [0.1, 0.15) is 46.3 Å². The second kappa shape index (κ2) is 6.11. The van der Waals surface area contributed by atoms with Crippen LogP contribution < -0.4 is 10.6 Å². The fraction of sp³-hybridized carbons (Fsp3) is 0.300. The van der Waals surface area contributed by atoms with Crippen LogP contribution in [0.3, 0.4) is 0 Å². The number of nitrogens with two attached hydrogens (primary N) is 1. The summed E-state index contributed by atoms with van der Waals surface area (Å²) >= 11 is 0. The van der Waals surface area contributed by atoms with E-state index in [4.69, 9.17) is 5.73 Å². The lowest BCUT2D eigenvalue weighted by molar-refractivity contribution is -0.119. The van der Waals surface area contributed by atoms with E-state index in [2.05, 4.69) is 0 Å². The van der Waals surface area contributed by atoms with Crippen LogP contribution in [0.4, 0.5) is 5.69 Å². The lowest BCUT2D eigenvalue weighted by Crippen LogP contribution is -2.45. The predicted octanol–water partition coefficient (Wildman–Crippen LogP) is 3.31. The van der Waals surface area contributed by atoms with Crippen molar-refractivity contribution in [3.05, 3.63) is 64.7 Å². The highest BCUT2D eigenvalue weighted by Crippen LogP contribution is 2.39. The van der Waals surface area contributed by atoms with Crippen LogP contribution >= 0.6 is 0 Å². The number of amides is 2. The van der Waals surface area contributed by atoms with Gasteiger partial charge in [-0.2, -0.15) is 0 Å². The minimum absolute atomic E-state index is 0.0286. The van der Waals surface area contributed by atoms with Crippen molar-refractivity contribution in [2.75, 3.05) is 4.90 Å². The van der Waals surface area contributed by atoms with Crippen molar-refractivity contribution in [1.82, 2.24) is 0 Å². The number of hydrogen-bond donors (Lipinski definition) is 1. The van der Waals surface area contributed by atoms with Gasteiger partial charge >= 0.3 is 0 Å². The van der Waals surface area contributed by atoms with Crippen LogP contribution in [0.15, 0.2) is 42.5 Å². The zero-order valence-electron chi connectivity index (χ0n) is 14.2. The molecule has 1 heterocycles. The highest BCUT2D eigenvalue weighted by molar-refractivity contribution is 6.09. The second-order valence-electron chi connectivity index (χ2n) is 6.52. The summed E-state index contributed by atoms with van der Waals surface area (Å²) in [5.41, 5.74) is 9.98. The van der Waals surface area contributed by atoms with Gasteiger partial charge in [-0.25, -0.2) is 0 Å². The molecule has 124 valence electrons. The van der Waals surface area contributed by atoms with Crippen molar-refractivity contribution in [1.29, 1.82) is 0 Å². The summed E-state index contributed by atoms with van der Waals surface area (Å²) in [6.45, 7) is 5.94. The smallest absolute Gasteiger partial charge is 0.258 e. The Morgan fingerprint density at radius 3 is 2.50 bits per heavy atom. The summed E-state index contributed by atoms with van der Waals surface area (Å²) < 4.78 is 0. The van der Waals surface area contributed by atoms with E-state index >= 15 is 0 Å². The zero-order chi connectivity index (χ0) is 17.4. The Hall–Kier alpha value is -2.62. The Kier molecular flexibility index (Phi) is 4.14. The van der Waals surface area contributed by atoms with E-state index in [1.807, 2.05) is 63.2 Å². The van der Waals surface area contributed by atoms with Gasteiger partial charge < -0.3 is 10.6 Å². The number of primary amides is 1. The first-order valence-electron chi connectivity index (χ1n) is 8.19. The van der Waals surface area contributed by atoms with Crippen molar-refractivity contribution >= 4 is 17.5 Å². The number of fused-ring (bicyclic) bond motifs is 1. The van der Waals surface area contributed by atoms with E-state index in [1.54, 1.807) is 4.90 Å². The van der Waals surface area contributed by atoms with Gasteiger partial charge in [-0.1, -0.05) is 30.3 Å². The molecule has 0 spiro atoms. The molecule has 1 aliphatic heterocycles. The molecule has 1 aliphatic rings. The first-order valence-corrected chi connectivity index (χ1v) is 8.19. The third-order valence-corrected chi connectivity index (χ3v) is 4.99. The summed E-state index contributed by atoms with van der Waals surface area (Å²) in [7, 11) is 0. The second-order valence-corrected chi connectivity index (χ2v) is 6.52. The molecule has 0 saturated carbocycles. The van der Waals surface area contributed by atoms with Crippen molar-refractivity contribution in [3.8, 4) is 0 Å². The van der Waals surface area contributed by atoms with E-state index in [-0.39, 0.29) is 23.8 Å². The Labute approximate surface area is 142 Å². The normalized spacial score (nSPS) is 19.7. The lowest BCUT2D eigenvalue weighted by atomic mass is 9.85. The van der Waals surface area contributed by atoms with E-state index in [0.717, 1.165) is 22.4 Å². The molecule has 2 aromatic rings. The molecule has 0 saturated heterocycles. The van der Waals surface area contributed by atoms with Gasteiger partial charge in [0.15, 0.2) is 0 Å². The molecule has 4 heteroatoms. The summed E-state index contributed by atoms with van der Waals surface area (Å²) in [6, 6.07) is 13.2. The topological polar surface area (TPSA) is 63.4 Å². The van der Waals surface area contributed by atoms with Crippen LogP contribution in [-0.2, 0) is 4.79 Å². The third kappa shape index (κ3) is 2.58. The highest BCUT2D eigenvalue weighted by atomic mass is 16.2. The van der Waals surface area contributed by atoms with Crippen LogP contribution in [0.25, 0.3) is 0 Å². The summed E-state index contributed by atoms with van der Waals surface area (Å²) in [4.78, 5) is 26.9. The molecule has 0 fully saturated rings. The van der Waals surface area contributed by atoms with Gasteiger partial charge in [0, 0.05) is 17.3 Å². The van der Waals surface area contributed by atoms with Gasteiger partial charge in [0.25, 0.3) is 5.91 Å². The number of rotatable bonds is 2. The number of hydrogen-bond acceptors (Lipinski definition) is 2. The summed E-state index contributed by atoms with van der Waals surface area (Å²) in [5.74, 6) is -0.717. The SMILES string of the molecule is Cc1cccc(C(=O)N2c3ccccc3C(C(N)=O)CC2C)c1C. The lowest BCUT2D eigenvalue weighted by Gasteiger charge is -2.38. The minimum atomic E-state index is -0.348. The minimum Gasteiger partial charge on any atom is -0.369 e. The highest BCUT2D eigenvalue weighted by Gasteiger charge is 2.36. The van der Waals surface area contributed by atoms with Gasteiger partial charge in [-0.15, -0.1) is 0 Å². The molecule has 2 unspecified atom stereocenters. The molecular weight excluding hydrogens is 300 g/mol. The molecule has 2 atom stereocenters. The third-order valence-electron chi connectivity index (χ3n) is 4.99. The number of aryl methyl sites for hydroxylation is 1. The maximum Gasteiger partial charge on any atom is 0.258 e. The molecule has 0 bridgehead atoms. The number of benzene rings is 2. The molecule has 0 radical (unpaired) electrons. The average Bonchev–Trinajstić information content (AvgIpc) is 2.56. The molecule has 2 amide bonds. The van der Waals surface area contributed by atoms with Crippen LogP contribution in [0, 0.1) is 13.8 Å². The van der Waals surface area contributed by atoms with Crippen LogP contribution in [0.5, 0.6) is 0 Å². The quantitative estimate of drug-likeness (QED) is 0.922. The maximum atomic E-state index is 13.2. The molecule has 3 rings (SSSR count). The molecule has 2 N–H and O–H groups in total. The van der Waals surface area contributed by atoms with Gasteiger partial charge in [0.2, 0.25) is 5.91 Å². The molecule has 4 nitrogen and oxygen atoms in total. The predicted molar refractivity (Wildman–Crippen MR) is 95.2 cm³/mol. The number of carbonyl (C=O) groups is 2. The van der Waals surface area contributed by atoms with Gasteiger partial charge in [-0.3, -0.25) is 9.59 Å². The summed E-state index contributed by atoms with van der Waals surface area (Å²) in [6.07, 6.45) is 0.545. The Morgan fingerprint density at radius 2 is 1.79 bits per heavy atom. The van der Waals surface area contributed by atoms with Crippen molar-refractivity contribution in [3.63, 3.8) is 0 Å². The molecule has 2 aromatic carbocycles. The molecule has 0 aromatic heterocycles. The van der Waals surface area contributed by atoms with E-state index in [9.17, 15) is 9.59 Å². The number of para-hydroxylation sites is 1. The van der Waals surface area contributed by atoms with Gasteiger partial charge in [-0.05, 0) is 56.0 Å². The zero-order valence-corrected chi connectivity index (χ0v) is 14.2. The van der Waals surface area contributed by atoms with Gasteiger partial charge in [0.05, 0.1) is 5.92 Å². The Morgan fingerprint density at radius 1 is 1.08 bits per heavy atom. The molecule has 0 aliphatic carbocycles. The molecular formula is C20H22N2O2. The number of nitrogens with zero attached hydrogens (tertiary/aromatic N) is 1. The number of carbonyl (C=O) groups excluding carboxylic acids is 2. The first-order chi connectivity index (χ1) is 11.4. The Balaban J connectivity index is 2.10. The average molecular weight is 322 g/mol. The maximum absolute atomic E-state index is 13.2. The van der Waals surface area contributed by atoms with Crippen molar-refractivity contribution in [2.45, 2.75) is 39.2 Å². The van der Waals surface area contributed by atoms with E-state index in [0.29, 0.717) is 12.0 Å². The monoisotopic (exact) mass is 322 g/mol. The molecule has 24 heavy (non-hydrogen) atoms. The standard InChI is InChI=1S/C20H22N2O2/c1-12-7-6-9-15(14(12)3)20(24)22-13(2)11-17(19(21)23)16-8-4-5-10-18(16)22/h4-10,13,17H,11H2,1-3H3,(H2,21,23). The Bertz CT molecular complexity index is 813. The van der Waals surface area contributed by atoms with Crippen molar-refractivity contribution in [2.24, 2.45) is 5.73 Å². The van der Waals surface area contributed by atoms with E-state index < -0.39 is 0 Å². The fourth-order valence-corrected chi connectivity index (χ4v) is 3.50. The van der Waals surface area contributed by atoms with Crippen molar-refractivity contribution < 1.29 is 9.59 Å². The van der Waals surface area contributed by atoms with Crippen LogP contribution in [-0.4, -0.2) is 17.9 Å². The first kappa shape index (κ1) is 16.2. The largest absolute Gasteiger partial charge is 0.369 e. The van der Waals surface area contributed by atoms with Gasteiger partial charge in [0.1, 0.15) is 0 Å². The fourth-order valence-electron chi connectivity index (χ4n) is 3.50. The summed E-state index contributed by atoms with van der Waals surface area (Å²) in [5, 5.41) is 0. The number of anilines is 1. The van der Waals surface area contributed by atoms with Crippen LogP contribution in [0.2, 0.25) is 0 Å².